The van der Waals surface area contributed by atoms with E-state index in [-0.39, 0.29) is 0 Å². The molecule has 1 rings (SSSR count). The molecule has 16 heavy (non-hydrogen) atoms. The van der Waals surface area contributed by atoms with Gasteiger partial charge in [0.05, 0.1) is 0 Å². The van der Waals surface area contributed by atoms with Crippen LogP contribution in [-0.4, -0.2) is 19.2 Å². The Bertz CT molecular complexity index is 366. The summed E-state index contributed by atoms with van der Waals surface area (Å²) in [6, 6.07) is 3.97. The zero-order chi connectivity index (χ0) is 12.1. The van der Waals surface area contributed by atoms with E-state index in [9.17, 15) is 4.79 Å². The number of nitrogens with two attached hydrogens (primary N) is 1. The van der Waals surface area contributed by atoms with E-state index in [0.717, 1.165) is 16.7 Å². The van der Waals surface area contributed by atoms with Crippen LogP contribution in [0.2, 0.25) is 0 Å². The molecule has 3 N–H and O–H groups in total. The lowest BCUT2D eigenvalue weighted by Crippen LogP contribution is -2.31. The normalized spacial score (nSPS) is 10.0. The van der Waals surface area contributed by atoms with E-state index in [2.05, 4.69) is 5.32 Å². The fourth-order valence-electron chi connectivity index (χ4n) is 1.63. The Balaban J connectivity index is 2.77. The predicted molar refractivity (Wildman–Crippen MR) is 63.7 cm³/mol. The minimum absolute atomic E-state index is 0.404. The summed E-state index contributed by atoms with van der Waals surface area (Å²) in [6.45, 7) is 6.68. The standard InChI is InChI=1S/C12H18N2O2/c1-8-6-9(2)11(10(3)7-8)16-12(15)14-5-4-13/h6-7H,4-5,13H2,1-3H3,(H,14,15). The van der Waals surface area contributed by atoms with Crippen LogP contribution in [0.15, 0.2) is 12.1 Å². The number of hydrogen-bond donors (Lipinski definition) is 2. The maximum Gasteiger partial charge on any atom is 0.412 e. The number of benzene rings is 1. The lowest BCUT2D eigenvalue weighted by molar-refractivity contribution is 0.200. The molecule has 4 nitrogen and oxygen atoms in total. The fourth-order valence-corrected chi connectivity index (χ4v) is 1.63. The number of carbonyl (C=O) groups excluding carboxylic acids is 1. The maximum atomic E-state index is 11.4. The van der Waals surface area contributed by atoms with Crippen LogP contribution < -0.4 is 15.8 Å². The van der Waals surface area contributed by atoms with Crippen molar-refractivity contribution in [1.82, 2.24) is 5.32 Å². The van der Waals surface area contributed by atoms with Gasteiger partial charge in [0.25, 0.3) is 0 Å². The summed E-state index contributed by atoms with van der Waals surface area (Å²) in [5.74, 6) is 0.625. The molecule has 0 aliphatic heterocycles. The van der Waals surface area contributed by atoms with Crippen LogP contribution >= 0.6 is 0 Å². The molecule has 0 aliphatic rings. The first-order valence-electron chi connectivity index (χ1n) is 5.28. The maximum absolute atomic E-state index is 11.4. The van der Waals surface area contributed by atoms with E-state index < -0.39 is 6.09 Å². The summed E-state index contributed by atoms with van der Waals surface area (Å²) in [4.78, 5) is 11.4. The van der Waals surface area contributed by atoms with Crippen molar-refractivity contribution in [2.45, 2.75) is 20.8 Å². The molecule has 0 saturated heterocycles. The quantitative estimate of drug-likeness (QED) is 0.817. The zero-order valence-electron chi connectivity index (χ0n) is 9.96. The highest BCUT2D eigenvalue weighted by Crippen LogP contribution is 2.24. The van der Waals surface area contributed by atoms with Crippen molar-refractivity contribution in [3.05, 3.63) is 28.8 Å². The number of amides is 1. The van der Waals surface area contributed by atoms with Crippen molar-refractivity contribution < 1.29 is 9.53 Å². The molecule has 0 heterocycles. The van der Waals surface area contributed by atoms with E-state index in [4.69, 9.17) is 10.5 Å². The van der Waals surface area contributed by atoms with Crippen LogP contribution in [-0.2, 0) is 0 Å². The summed E-state index contributed by atoms with van der Waals surface area (Å²) >= 11 is 0. The molecular weight excluding hydrogens is 204 g/mol. The monoisotopic (exact) mass is 222 g/mol. The largest absolute Gasteiger partial charge is 0.412 e. The number of aryl methyl sites for hydroxylation is 3. The third-order valence-corrected chi connectivity index (χ3v) is 2.21. The SMILES string of the molecule is Cc1cc(C)c(OC(=O)NCCN)c(C)c1. The molecule has 0 fully saturated rings. The van der Waals surface area contributed by atoms with Crippen LogP contribution in [0.4, 0.5) is 4.79 Å². The smallest absolute Gasteiger partial charge is 0.410 e. The lowest BCUT2D eigenvalue weighted by Gasteiger charge is -2.11. The van der Waals surface area contributed by atoms with Crippen LogP contribution in [0.5, 0.6) is 5.75 Å². The Hall–Kier alpha value is -1.55. The van der Waals surface area contributed by atoms with Crippen molar-refractivity contribution >= 4 is 6.09 Å². The Morgan fingerprint density at radius 1 is 1.31 bits per heavy atom. The second-order valence-electron chi connectivity index (χ2n) is 3.83. The zero-order valence-corrected chi connectivity index (χ0v) is 9.96. The van der Waals surface area contributed by atoms with Crippen molar-refractivity contribution in [3.63, 3.8) is 0 Å². The molecule has 0 radical (unpaired) electrons. The van der Waals surface area contributed by atoms with Gasteiger partial charge in [-0.3, -0.25) is 0 Å². The molecule has 4 heteroatoms. The molecule has 0 aromatic heterocycles. The van der Waals surface area contributed by atoms with Gasteiger partial charge in [-0.25, -0.2) is 4.79 Å². The minimum atomic E-state index is -0.458. The number of ether oxygens (including phenoxy) is 1. The van der Waals surface area contributed by atoms with Crippen LogP contribution in [0.3, 0.4) is 0 Å². The topological polar surface area (TPSA) is 64.3 Å². The van der Waals surface area contributed by atoms with Crippen molar-refractivity contribution in [2.24, 2.45) is 5.73 Å². The Morgan fingerprint density at radius 3 is 2.38 bits per heavy atom. The van der Waals surface area contributed by atoms with Gasteiger partial charge < -0.3 is 15.8 Å². The Morgan fingerprint density at radius 2 is 1.88 bits per heavy atom. The van der Waals surface area contributed by atoms with E-state index in [1.165, 1.54) is 0 Å². The second-order valence-corrected chi connectivity index (χ2v) is 3.83. The first-order chi connectivity index (χ1) is 7.54. The van der Waals surface area contributed by atoms with E-state index in [1.807, 2.05) is 32.9 Å². The first kappa shape index (κ1) is 12.5. The summed E-state index contributed by atoms with van der Waals surface area (Å²) < 4.78 is 5.23. The first-order valence-corrected chi connectivity index (χ1v) is 5.28. The lowest BCUT2D eigenvalue weighted by atomic mass is 10.1. The average Bonchev–Trinajstić information content (AvgIpc) is 2.20. The predicted octanol–water partition coefficient (Wildman–Crippen LogP) is 1.66. The number of rotatable bonds is 3. The molecule has 0 aliphatic carbocycles. The molecule has 1 aromatic rings. The Kier molecular flexibility index (Phi) is 4.31. The van der Waals surface area contributed by atoms with Gasteiger partial charge >= 0.3 is 6.09 Å². The highest BCUT2D eigenvalue weighted by Gasteiger charge is 2.09. The Labute approximate surface area is 95.8 Å². The van der Waals surface area contributed by atoms with Crippen LogP contribution in [0, 0.1) is 20.8 Å². The van der Waals surface area contributed by atoms with Gasteiger partial charge in [-0.05, 0) is 31.9 Å². The molecule has 88 valence electrons. The summed E-state index contributed by atoms with van der Waals surface area (Å²) in [5, 5.41) is 2.56. The number of carbonyl (C=O) groups is 1. The molecule has 1 amide bonds. The molecule has 1 aromatic carbocycles. The summed E-state index contributed by atoms with van der Waals surface area (Å²) in [5.41, 5.74) is 8.35. The van der Waals surface area contributed by atoms with Crippen LogP contribution in [0.1, 0.15) is 16.7 Å². The fraction of sp³-hybridized carbons (Fsp3) is 0.417. The highest BCUT2D eigenvalue weighted by atomic mass is 16.6. The second kappa shape index (κ2) is 5.51. The minimum Gasteiger partial charge on any atom is -0.410 e. The molecular formula is C12H18N2O2. The van der Waals surface area contributed by atoms with Gasteiger partial charge in [-0.1, -0.05) is 17.7 Å². The van der Waals surface area contributed by atoms with E-state index in [0.29, 0.717) is 18.8 Å². The third kappa shape index (κ3) is 3.24. The van der Waals surface area contributed by atoms with Gasteiger partial charge in [-0.15, -0.1) is 0 Å². The van der Waals surface area contributed by atoms with Crippen molar-refractivity contribution in [2.75, 3.05) is 13.1 Å². The molecule has 0 spiro atoms. The van der Waals surface area contributed by atoms with E-state index >= 15 is 0 Å². The molecule has 0 atom stereocenters. The van der Waals surface area contributed by atoms with Crippen LogP contribution in [0.25, 0.3) is 0 Å². The molecule has 0 unspecified atom stereocenters. The van der Waals surface area contributed by atoms with Crippen molar-refractivity contribution in [1.29, 1.82) is 0 Å². The van der Waals surface area contributed by atoms with E-state index in [1.54, 1.807) is 0 Å². The summed E-state index contributed by atoms with van der Waals surface area (Å²) in [7, 11) is 0. The van der Waals surface area contributed by atoms with Gasteiger partial charge in [0.15, 0.2) is 0 Å². The number of nitrogens with one attached hydrogen (secondary N) is 1. The molecule has 0 bridgehead atoms. The van der Waals surface area contributed by atoms with Gasteiger partial charge in [0.1, 0.15) is 5.75 Å². The number of hydrogen-bond acceptors (Lipinski definition) is 3. The van der Waals surface area contributed by atoms with Gasteiger partial charge in [0, 0.05) is 13.1 Å². The molecule has 0 saturated carbocycles. The van der Waals surface area contributed by atoms with Gasteiger partial charge in [-0.2, -0.15) is 0 Å². The van der Waals surface area contributed by atoms with Gasteiger partial charge in [0.2, 0.25) is 0 Å². The van der Waals surface area contributed by atoms with Crippen molar-refractivity contribution in [3.8, 4) is 5.75 Å². The highest BCUT2D eigenvalue weighted by molar-refractivity contribution is 5.71. The average molecular weight is 222 g/mol. The third-order valence-electron chi connectivity index (χ3n) is 2.21. The summed E-state index contributed by atoms with van der Waals surface area (Å²) in [6.07, 6.45) is -0.458.